The molecular formula is C21H24Cl2N2O. The summed E-state index contributed by atoms with van der Waals surface area (Å²) in [7, 11) is 0. The molecule has 5 heteroatoms. The molecule has 0 radical (unpaired) electrons. The third kappa shape index (κ3) is 3.05. The molecule has 0 bridgehead atoms. The van der Waals surface area contributed by atoms with Crippen molar-refractivity contribution in [2.45, 2.75) is 39.0 Å². The topological polar surface area (TPSA) is 36.4 Å². The summed E-state index contributed by atoms with van der Waals surface area (Å²) in [5, 5.41) is 11.4. The van der Waals surface area contributed by atoms with E-state index in [0.29, 0.717) is 26.7 Å². The highest BCUT2D eigenvalue weighted by atomic mass is 35.5. The third-order valence-corrected chi connectivity index (χ3v) is 7.36. The summed E-state index contributed by atoms with van der Waals surface area (Å²) in [5.41, 5.74) is 2.64. The maximum atomic E-state index is 10.5. The highest BCUT2D eigenvalue weighted by Gasteiger charge is 2.42. The minimum atomic E-state index is 0.140. The summed E-state index contributed by atoms with van der Waals surface area (Å²) in [6, 6.07) is 7.16. The van der Waals surface area contributed by atoms with Gasteiger partial charge in [-0.15, -0.1) is 0 Å². The first-order chi connectivity index (χ1) is 12.5. The smallest absolute Gasteiger partial charge is 0.143 e. The van der Waals surface area contributed by atoms with Crippen LogP contribution in [0.1, 0.15) is 39.0 Å². The molecule has 1 aromatic carbocycles. The molecule has 3 nitrogen and oxygen atoms in total. The summed E-state index contributed by atoms with van der Waals surface area (Å²) in [6.07, 6.45) is 8.42. The van der Waals surface area contributed by atoms with Crippen LogP contribution in [-0.4, -0.2) is 23.2 Å². The number of aromatic nitrogens is 1. The summed E-state index contributed by atoms with van der Waals surface area (Å²) in [4.78, 5) is 6.83. The Kier molecular flexibility index (Phi) is 4.79. The summed E-state index contributed by atoms with van der Waals surface area (Å²) in [5.74, 6) is 0.977. The number of rotatable bonds is 2. The molecule has 1 aliphatic carbocycles. The summed E-state index contributed by atoms with van der Waals surface area (Å²) in [6.45, 7) is 4.48. The largest absolute Gasteiger partial charge is 0.506 e. The SMILES string of the molecule is C[C@@H]1CCCC12CCN(c1cnc(-c3cccc(Cl)c3Cl)c(O)c1)CC2. The lowest BCUT2D eigenvalue weighted by Gasteiger charge is -2.43. The maximum Gasteiger partial charge on any atom is 0.143 e. The minimum absolute atomic E-state index is 0.140. The first kappa shape index (κ1) is 17.9. The van der Waals surface area contributed by atoms with Crippen molar-refractivity contribution in [3.8, 4) is 17.0 Å². The van der Waals surface area contributed by atoms with Crippen LogP contribution in [0, 0.1) is 11.3 Å². The van der Waals surface area contributed by atoms with Crippen LogP contribution < -0.4 is 4.90 Å². The van der Waals surface area contributed by atoms with E-state index in [4.69, 9.17) is 23.2 Å². The Bertz CT molecular complexity index is 816. The van der Waals surface area contributed by atoms with Gasteiger partial charge in [-0.1, -0.05) is 55.1 Å². The van der Waals surface area contributed by atoms with Crippen LogP contribution in [0.4, 0.5) is 5.69 Å². The zero-order valence-corrected chi connectivity index (χ0v) is 16.5. The molecule has 1 saturated heterocycles. The Morgan fingerprint density at radius 1 is 1.19 bits per heavy atom. The van der Waals surface area contributed by atoms with Crippen molar-refractivity contribution in [2.24, 2.45) is 11.3 Å². The molecule has 2 heterocycles. The van der Waals surface area contributed by atoms with E-state index < -0.39 is 0 Å². The number of halogens is 2. The van der Waals surface area contributed by atoms with Gasteiger partial charge < -0.3 is 10.0 Å². The van der Waals surface area contributed by atoms with Gasteiger partial charge in [-0.05, 0) is 36.7 Å². The van der Waals surface area contributed by atoms with Crippen LogP contribution in [0.15, 0.2) is 30.5 Å². The molecule has 1 aliphatic heterocycles. The predicted molar refractivity (Wildman–Crippen MR) is 108 cm³/mol. The maximum absolute atomic E-state index is 10.5. The van der Waals surface area contributed by atoms with E-state index in [0.717, 1.165) is 24.7 Å². The molecule has 1 saturated carbocycles. The fourth-order valence-corrected chi connectivity index (χ4v) is 5.17. The number of anilines is 1. The summed E-state index contributed by atoms with van der Waals surface area (Å²) >= 11 is 12.4. The van der Waals surface area contributed by atoms with E-state index in [9.17, 15) is 5.11 Å². The molecule has 4 rings (SSSR count). The van der Waals surface area contributed by atoms with E-state index >= 15 is 0 Å². The fraction of sp³-hybridized carbons (Fsp3) is 0.476. The second-order valence-electron chi connectivity index (χ2n) is 7.81. The van der Waals surface area contributed by atoms with Crippen LogP contribution in [-0.2, 0) is 0 Å². The monoisotopic (exact) mass is 390 g/mol. The highest BCUT2D eigenvalue weighted by Crippen LogP contribution is 2.50. The van der Waals surface area contributed by atoms with Gasteiger partial charge in [0.15, 0.2) is 0 Å². The van der Waals surface area contributed by atoms with E-state index in [2.05, 4.69) is 16.8 Å². The zero-order chi connectivity index (χ0) is 18.3. The molecule has 0 unspecified atom stereocenters. The Hall–Kier alpha value is -1.45. The van der Waals surface area contributed by atoms with Gasteiger partial charge in [0.05, 0.1) is 21.9 Å². The van der Waals surface area contributed by atoms with E-state index in [-0.39, 0.29) is 5.75 Å². The molecule has 0 amide bonds. The second-order valence-corrected chi connectivity index (χ2v) is 8.59. The Balaban J connectivity index is 1.55. The standard InChI is InChI=1S/C21H24Cl2N2O/c1-14-4-3-7-21(14)8-10-25(11-9-21)15-12-18(26)20(24-13-15)16-5-2-6-17(22)19(16)23/h2,5-6,12-14,26H,3-4,7-11H2,1H3/t14-/m1/s1. The van der Waals surface area contributed by atoms with Gasteiger partial charge in [-0.25, -0.2) is 0 Å². The van der Waals surface area contributed by atoms with Crippen LogP contribution >= 0.6 is 23.2 Å². The molecule has 1 N–H and O–H groups in total. The molecular weight excluding hydrogens is 367 g/mol. The Morgan fingerprint density at radius 2 is 1.96 bits per heavy atom. The number of benzene rings is 1. The van der Waals surface area contributed by atoms with Crippen LogP contribution in [0.5, 0.6) is 5.75 Å². The van der Waals surface area contributed by atoms with Crippen molar-refractivity contribution in [3.05, 3.63) is 40.5 Å². The van der Waals surface area contributed by atoms with Gasteiger partial charge >= 0.3 is 0 Å². The van der Waals surface area contributed by atoms with Crippen LogP contribution in [0.3, 0.4) is 0 Å². The highest BCUT2D eigenvalue weighted by molar-refractivity contribution is 6.43. The van der Waals surface area contributed by atoms with Gasteiger partial charge in [0.2, 0.25) is 0 Å². The predicted octanol–water partition coefficient (Wildman–Crippen LogP) is 6.17. The number of aromatic hydroxyl groups is 1. The number of nitrogens with zero attached hydrogens (tertiary/aromatic N) is 2. The van der Waals surface area contributed by atoms with Crippen molar-refractivity contribution in [3.63, 3.8) is 0 Å². The second kappa shape index (κ2) is 6.94. The molecule has 1 atom stereocenters. The molecule has 26 heavy (non-hydrogen) atoms. The van der Waals surface area contributed by atoms with Crippen LogP contribution in [0.2, 0.25) is 10.0 Å². The summed E-state index contributed by atoms with van der Waals surface area (Å²) < 4.78 is 0. The van der Waals surface area contributed by atoms with Gasteiger partial charge in [0.25, 0.3) is 0 Å². The third-order valence-electron chi connectivity index (χ3n) is 6.54. The average molecular weight is 391 g/mol. The minimum Gasteiger partial charge on any atom is -0.506 e. The van der Waals surface area contributed by atoms with Crippen molar-refractivity contribution < 1.29 is 5.11 Å². The first-order valence-corrected chi connectivity index (χ1v) is 10.1. The molecule has 2 aromatic rings. The molecule has 1 aromatic heterocycles. The lowest BCUT2D eigenvalue weighted by atomic mass is 9.71. The van der Waals surface area contributed by atoms with E-state index in [1.807, 2.05) is 18.3 Å². The van der Waals surface area contributed by atoms with Crippen molar-refractivity contribution in [1.29, 1.82) is 0 Å². The normalized spacial score (nSPS) is 22.1. The average Bonchev–Trinajstić information content (AvgIpc) is 2.98. The molecule has 2 aliphatic rings. The zero-order valence-electron chi connectivity index (χ0n) is 15.0. The molecule has 2 fully saturated rings. The molecule has 138 valence electrons. The Labute approximate surface area is 165 Å². The first-order valence-electron chi connectivity index (χ1n) is 9.38. The number of pyridine rings is 1. The van der Waals surface area contributed by atoms with Crippen molar-refractivity contribution in [1.82, 2.24) is 4.98 Å². The number of piperidine rings is 1. The van der Waals surface area contributed by atoms with Crippen molar-refractivity contribution >= 4 is 28.9 Å². The van der Waals surface area contributed by atoms with Gasteiger partial charge in [-0.2, -0.15) is 0 Å². The van der Waals surface area contributed by atoms with Gasteiger partial charge in [0, 0.05) is 24.7 Å². The van der Waals surface area contributed by atoms with E-state index in [1.54, 1.807) is 12.1 Å². The number of hydrogen-bond donors (Lipinski definition) is 1. The Morgan fingerprint density at radius 3 is 2.62 bits per heavy atom. The quantitative estimate of drug-likeness (QED) is 0.665. The van der Waals surface area contributed by atoms with Crippen molar-refractivity contribution in [2.75, 3.05) is 18.0 Å². The van der Waals surface area contributed by atoms with Crippen LogP contribution in [0.25, 0.3) is 11.3 Å². The fourth-order valence-electron chi connectivity index (χ4n) is 4.78. The lowest BCUT2D eigenvalue weighted by molar-refractivity contribution is 0.162. The van der Waals surface area contributed by atoms with E-state index in [1.165, 1.54) is 32.1 Å². The molecule has 1 spiro atoms. The number of hydrogen-bond acceptors (Lipinski definition) is 3. The lowest BCUT2D eigenvalue weighted by Crippen LogP contribution is -2.41. The van der Waals surface area contributed by atoms with Gasteiger partial charge in [-0.3, -0.25) is 4.98 Å². The van der Waals surface area contributed by atoms with Gasteiger partial charge in [0.1, 0.15) is 11.4 Å².